The molecule has 1 aromatic carbocycles. The van der Waals surface area contributed by atoms with E-state index in [0.29, 0.717) is 33.8 Å². The van der Waals surface area contributed by atoms with E-state index in [1.165, 1.54) is 24.5 Å². The minimum absolute atomic E-state index is 0.180. The molecule has 4 aromatic heterocycles. The van der Waals surface area contributed by atoms with E-state index in [1.807, 2.05) is 31.2 Å². The largest absolute Gasteiger partial charge is 0.363 e. The van der Waals surface area contributed by atoms with E-state index >= 15 is 0 Å². The molecule has 1 atom stereocenters. The molecule has 4 heterocycles. The van der Waals surface area contributed by atoms with E-state index in [9.17, 15) is 9.18 Å². The van der Waals surface area contributed by atoms with E-state index in [1.54, 1.807) is 18.5 Å². The molecular formula is C23H17FN6O. The number of aromatic amines is 1. The molecule has 0 radical (unpaired) electrons. The van der Waals surface area contributed by atoms with Gasteiger partial charge in [-0.1, -0.05) is 6.07 Å². The van der Waals surface area contributed by atoms with Gasteiger partial charge in [0.05, 0.1) is 22.9 Å². The average Bonchev–Trinajstić information content (AvgIpc) is 2.79. The van der Waals surface area contributed by atoms with E-state index in [-0.39, 0.29) is 17.3 Å². The smallest absolute Gasteiger partial charge is 0.194 e. The molecule has 0 aliphatic carbocycles. The second-order valence-electron chi connectivity index (χ2n) is 7.13. The first-order valence-electron chi connectivity index (χ1n) is 9.71. The van der Waals surface area contributed by atoms with Gasteiger partial charge in [-0.25, -0.2) is 19.3 Å². The zero-order chi connectivity index (χ0) is 21.4. The molecule has 31 heavy (non-hydrogen) atoms. The van der Waals surface area contributed by atoms with Gasteiger partial charge in [0.1, 0.15) is 29.0 Å². The van der Waals surface area contributed by atoms with Crippen LogP contribution >= 0.6 is 0 Å². The number of benzene rings is 1. The van der Waals surface area contributed by atoms with E-state index in [4.69, 9.17) is 4.98 Å². The Bertz CT molecular complexity index is 1460. The molecule has 0 fully saturated rings. The highest BCUT2D eigenvalue weighted by Gasteiger charge is 2.18. The first kappa shape index (κ1) is 18.8. The second kappa shape index (κ2) is 7.56. The highest BCUT2D eigenvalue weighted by Crippen LogP contribution is 2.31. The van der Waals surface area contributed by atoms with Crippen molar-refractivity contribution in [2.24, 2.45) is 0 Å². The number of halogens is 1. The lowest BCUT2D eigenvalue weighted by Crippen LogP contribution is -2.14. The number of nitrogens with one attached hydrogen (secondary N) is 2. The SMILES string of the molecule is CC(Nc1ncnc2[nH]ccc(=O)c12)c1cc2ccc(F)cc2nc1-c1ccccn1. The van der Waals surface area contributed by atoms with Gasteiger partial charge in [0.2, 0.25) is 0 Å². The molecule has 0 aliphatic rings. The van der Waals surface area contributed by atoms with Gasteiger partial charge < -0.3 is 10.3 Å². The quantitative estimate of drug-likeness (QED) is 0.458. The van der Waals surface area contributed by atoms with Crippen molar-refractivity contribution in [1.82, 2.24) is 24.9 Å². The predicted octanol–water partition coefficient (Wildman–Crippen LogP) is 4.24. The van der Waals surface area contributed by atoms with Gasteiger partial charge >= 0.3 is 0 Å². The zero-order valence-electron chi connectivity index (χ0n) is 16.5. The normalized spacial score (nSPS) is 12.2. The summed E-state index contributed by atoms with van der Waals surface area (Å²) in [5.74, 6) is 0.0723. The topological polar surface area (TPSA) is 96.5 Å². The number of rotatable bonds is 4. The molecule has 7 nitrogen and oxygen atoms in total. The number of aromatic nitrogens is 5. The van der Waals surface area contributed by atoms with Crippen LogP contribution in [-0.2, 0) is 0 Å². The summed E-state index contributed by atoms with van der Waals surface area (Å²) in [7, 11) is 0. The summed E-state index contributed by atoms with van der Waals surface area (Å²) >= 11 is 0. The lowest BCUT2D eigenvalue weighted by molar-refractivity contribution is 0.629. The number of nitrogens with zero attached hydrogens (tertiary/aromatic N) is 4. The van der Waals surface area contributed by atoms with Gasteiger partial charge in [-0.05, 0) is 37.3 Å². The summed E-state index contributed by atoms with van der Waals surface area (Å²) < 4.78 is 13.8. The number of pyridine rings is 3. The maximum atomic E-state index is 13.8. The minimum Gasteiger partial charge on any atom is -0.363 e. The maximum absolute atomic E-state index is 13.8. The number of fused-ring (bicyclic) bond motifs is 2. The standard InChI is InChI=1S/C23H17FN6O/c1-13(29-23-20-19(31)7-9-26-22(20)27-12-28-23)16-10-14-5-6-15(24)11-18(14)30-21(16)17-4-2-3-8-25-17/h2-13H,1H3,(H2,26,27,28,29,31). The Hall–Kier alpha value is -4.20. The third-order valence-corrected chi connectivity index (χ3v) is 5.08. The summed E-state index contributed by atoms with van der Waals surface area (Å²) in [4.78, 5) is 32.9. The van der Waals surface area contributed by atoms with Gasteiger partial charge in [-0.15, -0.1) is 0 Å². The van der Waals surface area contributed by atoms with Crippen molar-refractivity contribution in [3.8, 4) is 11.4 Å². The molecule has 5 aromatic rings. The van der Waals surface area contributed by atoms with Crippen LogP contribution in [0.15, 0.2) is 72.0 Å². The van der Waals surface area contributed by atoms with Crippen molar-refractivity contribution >= 4 is 27.8 Å². The molecule has 5 rings (SSSR count). The minimum atomic E-state index is -0.349. The molecule has 0 saturated carbocycles. The van der Waals surface area contributed by atoms with Gasteiger partial charge in [-0.3, -0.25) is 9.78 Å². The van der Waals surface area contributed by atoms with Crippen molar-refractivity contribution in [2.45, 2.75) is 13.0 Å². The fraction of sp³-hybridized carbons (Fsp3) is 0.0870. The Balaban J connectivity index is 1.66. The fourth-order valence-corrected chi connectivity index (χ4v) is 3.59. The van der Waals surface area contributed by atoms with Crippen molar-refractivity contribution in [3.63, 3.8) is 0 Å². The van der Waals surface area contributed by atoms with Crippen molar-refractivity contribution in [3.05, 3.63) is 88.9 Å². The van der Waals surface area contributed by atoms with Crippen LogP contribution in [0.3, 0.4) is 0 Å². The molecule has 0 bridgehead atoms. The van der Waals surface area contributed by atoms with Gasteiger partial charge in [0.25, 0.3) is 0 Å². The summed E-state index contributed by atoms with van der Waals surface area (Å²) in [6.07, 6.45) is 4.64. The van der Waals surface area contributed by atoms with Crippen LogP contribution < -0.4 is 10.7 Å². The average molecular weight is 412 g/mol. The third kappa shape index (κ3) is 3.48. The number of anilines is 1. The van der Waals surface area contributed by atoms with Crippen LogP contribution in [0.1, 0.15) is 18.5 Å². The maximum Gasteiger partial charge on any atom is 0.194 e. The van der Waals surface area contributed by atoms with Crippen LogP contribution in [0.4, 0.5) is 10.2 Å². The van der Waals surface area contributed by atoms with Crippen molar-refractivity contribution in [1.29, 1.82) is 0 Å². The molecule has 0 saturated heterocycles. The number of hydrogen-bond donors (Lipinski definition) is 2. The summed E-state index contributed by atoms with van der Waals surface area (Å²) in [5, 5.41) is 4.50. The summed E-state index contributed by atoms with van der Waals surface area (Å²) in [6.45, 7) is 1.95. The van der Waals surface area contributed by atoms with Crippen LogP contribution in [0, 0.1) is 5.82 Å². The molecule has 0 aliphatic heterocycles. The molecule has 0 amide bonds. The Labute approximate surface area is 176 Å². The Morgan fingerprint density at radius 2 is 1.97 bits per heavy atom. The lowest BCUT2D eigenvalue weighted by atomic mass is 10.0. The Kier molecular flexibility index (Phi) is 4.59. The number of hydrogen-bond acceptors (Lipinski definition) is 6. The highest BCUT2D eigenvalue weighted by atomic mass is 19.1. The molecule has 2 N–H and O–H groups in total. The molecule has 8 heteroatoms. The summed E-state index contributed by atoms with van der Waals surface area (Å²) in [5.41, 5.74) is 2.96. The van der Waals surface area contributed by atoms with E-state index < -0.39 is 0 Å². The number of H-pyrrole nitrogens is 1. The van der Waals surface area contributed by atoms with Gasteiger partial charge in [-0.2, -0.15) is 0 Å². The van der Waals surface area contributed by atoms with Gasteiger partial charge in [0.15, 0.2) is 5.43 Å². The van der Waals surface area contributed by atoms with Crippen LogP contribution in [-0.4, -0.2) is 24.9 Å². The molecule has 152 valence electrons. The Morgan fingerprint density at radius 3 is 2.81 bits per heavy atom. The lowest BCUT2D eigenvalue weighted by Gasteiger charge is -2.19. The van der Waals surface area contributed by atoms with E-state index in [0.717, 1.165) is 10.9 Å². The van der Waals surface area contributed by atoms with Crippen molar-refractivity contribution in [2.75, 3.05) is 5.32 Å². The first-order valence-corrected chi connectivity index (χ1v) is 9.71. The Morgan fingerprint density at radius 1 is 1.06 bits per heavy atom. The predicted molar refractivity (Wildman–Crippen MR) is 117 cm³/mol. The van der Waals surface area contributed by atoms with Gasteiger partial charge in [0, 0.05) is 35.5 Å². The van der Waals surface area contributed by atoms with E-state index in [2.05, 4.69) is 25.3 Å². The first-order chi connectivity index (χ1) is 15.1. The molecule has 1 unspecified atom stereocenters. The second-order valence-corrected chi connectivity index (χ2v) is 7.13. The third-order valence-electron chi connectivity index (χ3n) is 5.08. The molecular weight excluding hydrogens is 395 g/mol. The molecule has 0 spiro atoms. The van der Waals surface area contributed by atoms with Crippen LogP contribution in [0.2, 0.25) is 0 Å². The summed E-state index contributed by atoms with van der Waals surface area (Å²) in [6, 6.07) is 13.2. The fourth-order valence-electron chi connectivity index (χ4n) is 3.59. The monoisotopic (exact) mass is 412 g/mol. The van der Waals surface area contributed by atoms with Crippen molar-refractivity contribution < 1.29 is 4.39 Å². The van der Waals surface area contributed by atoms with Crippen LogP contribution in [0.25, 0.3) is 33.3 Å². The zero-order valence-corrected chi connectivity index (χ0v) is 16.5. The highest BCUT2D eigenvalue weighted by molar-refractivity contribution is 5.87. The van der Waals surface area contributed by atoms with Crippen LogP contribution in [0.5, 0.6) is 0 Å².